The van der Waals surface area contributed by atoms with Gasteiger partial charge >= 0.3 is 5.97 Å². The van der Waals surface area contributed by atoms with Crippen molar-refractivity contribution in [2.24, 2.45) is 15.9 Å². The molecular weight excluding hydrogens is 504 g/mol. The number of carbonyl (C=O) groups is 2. The van der Waals surface area contributed by atoms with E-state index in [-0.39, 0.29) is 12.5 Å². The minimum Gasteiger partial charge on any atom is -0.490 e. The molecule has 3 rings (SSSR count). The topological polar surface area (TPSA) is 125 Å². The average Bonchev–Trinajstić information content (AvgIpc) is 2.93. The van der Waals surface area contributed by atoms with Gasteiger partial charge in [-0.3, -0.25) is 4.79 Å². The molecule has 0 bridgehead atoms. The van der Waals surface area contributed by atoms with E-state index in [0.29, 0.717) is 46.9 Å². The number of nitrogens with two attached hydrogens (primary N) is 1. The maximum Gasteiger partial charge on any atom is 0.338 e. The fourth-order valence-corrected chi connectivity index (χ4v) is 3.76. The first-order valence-corrected chi connectivity index (χ1v) is 13.0. The van der Waals surface area contributed by atoms with Crippen LogP contribution in [0.2, 0.25) is 0 Å². The third-order valence-electron chi connectivity index (χ3n) is 4.90. The smallest absolute Gasteiger partial charge is 0.338 e. The lowest BCUT2D eigenvalue weighted by atomic mass is 10.2. The Balaban J connectivity index is 1.54. The van der Waals surface area contributed by atoms with Crippen molar-refractivity contribution in [3.63, 3.8) is 0 Å². The second-order valence-electron chi connectivity index (χ2n) is 7.73. The second-order valence-corrected chi connectivity index (χ2v) is 8.73. The molecule has 0 aliphatic rings. The van der Waals surface area contributed by atoms with Crippen molar-refractivity contribution >= 4 is 40.7 Å². The Kier molecular flexibility index (Phi) is 11.2. The lowest BCUT2D eigenvalue weighted by molar-refractivity contribution is -0.118. The third kappa shape index (κ3) is 9.29. The zero-order chi connectivity index (χ0) is 27.2. The molecular formula is C28H30N4O5S. The van der Waals surface area contributed by atoms with Crippen LogP contribution in [0, 0.1) is 0 Å². The molecule has 0 aromatic heterocycles. The Morgan fingerprint density at radius 1 is 0.947 bits per heavy atom. The van der Waals surface area contributed by atoms with Crippen LogP contribution in [0.15, 0.2) is 83.0 Å². The van der Waals surface area contributed by atoms with Crippen molar-refractivity contribution in [3.8, 4) is 11.5 Å². The summed E-state index contributed by atoms with van der Waals surface area (Å²) in [5.74, 6) is 0.818. The van der Waals surface area contributed by atoms with Gasteiger partial charge in [0.2, 0.25) is 0 Å². The number of nitrogens with one attached hydrogen (secondary N) is 1. The number of ether oxygens (including phenoxy) is 3. The number of benzene rings is 3. The molecule has 0 unspecified atom stereocenters. The zero-order valence-corrected chi connectivity index (χ0v) is 22.1. The largest absolute Gasteiger partial charge is 0.490 e. The van der Waals surface area contributed by atoms with Crippen LogP contribution in [0.4, 0.5) is 5.69 Å². The molecule has 0 radical (unpaired) electrons. The summed E-state index contributed by atoms with van der Waals surface area (Å²) in [6, 6.07) is 21.6. The summed E-state index contributed by atoms with van der Waals surface area (Å²) in [6.45, 7) is 4.07. The van der Waals surface area contributed by atoms with Gasteiger partial charge in [-0.05, 0) is 67.4 Å². The van der Waals surface area contributed by atoms with Crippen molar-refractivity contribution in [1.82, 2.24) is 0 Å². The highest BCUT2D eigenvalue weighted by atomic mass is 32.2. The van der Waals surface area contributed by atoms with E-state index in [9.17, 15) is 9.59 Å². The fraction of sp³-hybridized carbons (Fsp3) is 0.214. The molecule has 0 aliphatic heterocycles. The SMILES string of the molecule is CCOC(=O)c1ccc(NC(=O)COc2ccc(C=NN=C(N)SCc3ccccc3)cc2OCC)cc1. The zero-order valence-electron chi connectivity index (χ0n) is 21.3. The van der Waals surface area contributed by atoms with E-state index in [1.54, 1.807) is 55.6 Å². The summed E-state index contributed by atoms with van der Waals surface area (Å²) in [4.78, 5) is 24.1. The molecule has 0 spiro atoms. The van der Waals surface area contributed by atoms with Crippen molar-refractivity contribution < 1.29 is 23.8 Å². The Bertz CT molecular complexity index is 1260. The van der Waals surface area contributed by atoms with E-state index in [4.69, 9.17) is 19.9 Å². The maximum absolute atomic E-state index is 12.4. The molecule has 0 saturated carbocycles. The molecule has 1 amide bonds. The van der Waals surface area contributed by atoms with Crippen LogP contribution < -0.4 is 20.5 Å². The number of anilines is 1. The highest BCUT2D eigenvalue weighted by Gasteiger charge is 2.11. The highest BCUT2D eigenvalue weighted by Crippen LogP contribution is 2.28. The molecule has 9 nitrogen and oxygen atoms in total. The van der Waals surface area contributed by atoms with E-state index in [0.717, 1.165) is 11.1 Å². The Hall–Kier alpha value is -4.31. The van der Waals surface area contributed by atoms with Crippen molar-refractivity contribution in [2.75, 3.05) is 25.1 Å². The number of hydrogen-bond acceptors (Lipinski definition) is 8. The molecule has 0 heterocycles. The van der Waals surface area contributed by atoms with Crippen LogP contribution in [-0.4, -0.2) is 43.1 Å². The van der Waals surface area contributed by atoms with Gasteiger partial charge in [0.25, 0.3) is 5.91 Å². The van der Waals surface area contributed by atoms with Gasteiger partial charge < -0.3 is 25.3 Å². The molecule has 198 valence electrons. The van der Waals surface area contributed by atoms with E-state index in [1.165, 1.54) is 11.8 Å². The quantitative estimate of drug-likeness (QED) is 0.147. The monoisotopic (exact) mass is 534 g/mol. The number of thioether (sulfide) groups is 1. The van der Waals surface area contributed by atoms with Crippen LogP contribution in [0.3, 0.4) is 0 Å². The predicted molar refractivity (Wildman–Crippen MR) is 151 cm³/mol. The molecule has 10 heteroatoms. The Morgan fingerprint density at radius 3 is 2.42 bits per heavy atom. The van der Waals surface area contributed by atoms with Gasteiger partial charge in [-0.2, -0.15) is 5.10 Å². The first-order valence-electron chi connectivity index (χ1n) is 12.0. The number of amides is 1. The van der Waals surface area contributed by atoms with Gasteiger partial charge in [-0.15, -0.1) is 5.10 Å². The number of esters is 1. The second kappa shape index (κ2) is 15.1. The molecule has 38 heavy (non-hydrogen) atoms. The molecule has 3 aromatic carbocycles. The van der Waals surface area contributed by atoms with Crippen LogP contribution in [-0.2, 0) is 15.3 Å². The number of hydrogen-bond donors (Lipinski definition) is 2. The summed E-state index contributed by atoms with van der Waals surface area (Å²) in [5, 5.41) is 11.2. The summed E-state index contributed by atoms with van der Waals surface area (Å²) in [5.41, 5.74) is 8.76. The maximum atomic E-state index is 12.4. The van der Waals surface area contributed by atoms with Gasteiger partial charge in [0, 0.05) is 11.4 Å². The third-order valence-corrected chi connectivity index (χ3v) is 5.75. The van der Waals surface area contributed by atoms with Crippen molar-refractivity contribution in [2.45, 2.75) is 19.6 Å². The number of amidine groups is 1. The van der Waals surface area contributed by atoms with Gasteiger partial charge in [-0.25, -0.2) is 4.79 Å². The van der Waals surface area contributed by atoms with Crippen molar-refractivity contribution in [3.05, 3.63) is 89.5 Å². The van der Waals surface area contributed by atoms with E-state index >= 15 is 0 Å². The molecule has 0 aliphatic carbocycles. The first kappa shape index (κ1) is 28.3. The first-order chi connectivity index (χ1) is 18.5. The number of nitrogens with zero attached hydrogens (tertiary/aromatic N) is 2. The van der Waals surface area contributed by atoms with E-state index < -0.39 is 5.97 Å². The Labute approximate surface area is 226 Å². The summed E-state index contributed by atoms with van der Waals surface area (Å²) in [7, 11) is 0. The average molecular weight is 535 g/mol. The Morgan fingerprint density at radius 2 is 1.71 bits per heavy atom. The predicted octanol–water partition coefficient (Wildman–Crippen LogP) is 4.86. The molecule has 0 atom stereocenters. The van der Waals surface area contributed by atoms with Gasteiger partial charge in [0.05, 0.1) is 25.0 Å². The van der Waals surface area contributed by atoms with E-state index in [2.05, 4.69) is 15.5 Å². The van der Waals surface area contributed by atoms with E-state index in [1.807, 2.05) is 37.3 Å². The number of carbonyl (C=O) groups excluding carboxylic acids is 2. The van der Waals surface area contributed by atoms with Crippen LogP contribution in [0.1, 0.15) is 35.3 Å². The minimum absolute atomic E-state index is 0.230. The lowest BCUT2D eigenvalue weighted by Gasteiger charge is -2.12. The molecule has 0 fully saturated rings. The molecule has 3 aromatic rings. The molecule has 3 N–H and O–H groups in total. The van der Waals surface area contributed by atoms with Crippen LogP contribution in [0.5, 0.6) is 11.5 Å². The van der Waals surface area contributed by atoms with Gasteiger partial charge in [0.1, 0.15) is 0 Å². The minimum atomic E-state index is -0.414. The normalized spacial score (nSPS) is 11.3. The number of rotatable bonds is 12. The van der Waals surface area contributed by atoms with Crippen LogP contribution in [0.25, 0.3) is 0 Å². The summed E-state index contributed by atoms with van der Waals surface area (Å²) >= 11 is 1.40. The van der Waals surface area contributed by atoms with Crippen molar-refractivity contribution in [1.29, 1.82) is 0 Å². The summed E-state index contributed by atoms with van der Waals surface area (Å²) in [6.07, 6.45) is 1.56. The fourth-order valence-electron chi connectivity index (χ4n) is 3.15. The molecule has 0 saturated heterocycles. The van der Waals surface area contributed by atoms with Crippen LogP contribution >= 0.6 is 11.8 Å². The standard InChI is InChI=1S/C28H30N4O5S/c1-3-35-25-16-21(17-30-32-28(29)38-19-20-8-6-5-7-9-20)10-15-24(25)37-18-26(33)31-23-13-11-22(12-14-23)27(34)36-4-2/h5-17H,3-4,18-19H2,1-2H3,(H2,29,32)(H,31,33). The lowest BCUT2D eigenvalue weighted by Crippen LogP contribution is -2.20. The van der Waals surface area contributed by atoms with Gasteiger partial charge in [0.15, 0.2) is 23.3 Å². The summed E-state index contributed by atoms with van der Waals surface area (Å²) < 4.78 is 16.3. The van der Waals surface area contributed by atoms with Gasteiger partial charge in [-0.1, -0.05) is 42.1 Å². The highest BCUT2D eigenvalue weighted by molar-refractivity contribution is 8.13.